The minimum atomic E-state index is -1.27. The third kappa shape index (κ3) is 5.92. The highest BCUT2D eigenvalue weighted by Crippen LogP contribution is 2.30. The van der Waals surface area contributed by atoms with Crippen molar-refractivity contribution in [2.75, 3.05) is 6.54 Å². The lowest BCUT2D eigenvalue weighted by atomic mass is 9.99. The number of amides is 1. The molecule has 1 aromatic heterocycles. The Morgan fingerprint density at radius 2 is 1.91 bits per heavy atom. The zero-order valence-corrected chi connectivity index (χ0v) is 19.3. The van der Waals surface area contributed by atoms with E-state index in [0.29, 0.717) is 24.1 Å². The summed E-state index contributed by atoms with van der Waals surface area (Å²) in [5.41, 5.74) is 0.647. The number of nitrogens with zero attached hydrogens (tertiary/aromatic N) is 3. The number of aromatic nitrogens is 2. The number of aromatic carboxylic acids is 1. The van der Waals surface area contributed by atoms with Crippen molar-refractivity contribution < 1.29 is 28.2 Å². The van der Waals surface area contributed by atoms with Crippen molar-refractivity contribution in [2.45, 2.75) is 38.3 Å². The van der Waals surface area contributed by atoms with E-state index < -0.39 is 23.6 Å². The van der Waals surface area contributed by atoms with E-state index in [0.717, 1.165) is 30.5 Å². The fourth-order valence-corrected chi connectivity index (χ4v) is 4.12. The number of hydrogen-bond acceptors (Lipinski definition) is 5. The quantitative estimate of drug-likeness (QED) is 0.491. The molecule has 1 N–H and O–H groups in total. The Labute approximate surface area is 205 Å². The van der Waals surface area contributed by atoms with Crippen molar-refractivity contribution in [3.8, 4) is 5.75 Å². The van der Waals surface area contributed by atoms with Gasteiger partial charge in [-0.05, 0) is 49.1 Å². The van der Waals surface area contributed by atoms with Crippen LogP contribution >= 0.6 is 11.6 Å². The van der Waals surface area contributed by atoms with Crippen molar-refractivity contribution in [3.05, 3.63) is 88.0 Å². The van der Waals surface area contributed by atoms with E-state index in [4.69, 9.17) is 16.3 Å². The first kappa shape index (κ1) is 24.5. The Morgan fingerprint density at radius 3 is 2.63 bits per heavy atom. The third-order valence-electron chi connectivity index (χ3n) is 5.76. The minimum Gasteiger partial charge on any atom is -0.484 e. The van der Waals surface area contributed by atoms with E-state index in [2.05, 4.69) is 9.97 Å². The van der Waals surface area contributed by atoms with Gasteiger partial charge in [-0.25, -0.2) is 23.5 Å². The molecular formula is C25H22ClF2N3O4. The zero-order valence-electron chi connectivity index (χ0n) is 18.6. The van der Waals surface area contributed by atoms with Crippen LogP contribution in [0.4, 0.5) is 8.78 Å². The Hall–Kier alpha value is -3.59. The summed E-state index contributed by atoms with van der Waals surface area (Å²) >= 11 is 5.93. The molecule has 0 unspecified atom stereocenters. The number of likely N-dealkylation sites (tertiary alicyclic amines) is 1. The molecule has 2 aromatic carbocycles. The number of rotatable bonds is 7. The Balaban J connectivity index is 1.57. The van der Waals surface area contributed by atoms with Crippen molar-refractivity contribution in [1.29, 1.82) is 0 Å². The molecule has 0 spiro atoms. The van der Waals surface area contributed by atoms with Crippen LogP contribution in [0.3, 0.4) is 0 Å². The number of carboxylic acids is 1. The number of hydrogen-bond donors (Lipinski definition) is 1. The summed E-state index contributed by atoms with van der Waals surface area (Å²) < 4.78 is 32.5. The van der Waals surface area contributed by atoms with Crippen LogP contribution in [0.1, 0.15) is 52.7 Å². The molecule has 4 rings (SSSR count). The van der Waals surface area contributed by atoms with E-state index in [1.807, 2.05) is 0 Å². The first-order valence-electron chi connectivity index (χ1n) is 11.0. The molecule has 35 heavy (non-hydrogen) atoms. The first-order valence-corrected chi connectivity index (χ1v) is 11.4. The standard InChI is InChI=1S/C25H22ClF2N3O4/c26-16-6-4-15(5-7-16)11-23(32)31-10-2-1-3-21(31)24-29-13-18(25(33)34)20(30-24)14-35-22-9-8-17(27)12-19(22)28/h4-9,12-13,21H,1-3,10-11,14H2,(H,33,34)/t21-/m1/s1. The molecule has 10 heteroatoms. The summed E-state index contributed by atoms with van der Waals surface area (Å²) in [5.74, 6) is -2.99. The average molecular weight is 502 g/mol. The van der Waals surface area contributed by atoms with E-state index in [1.165, 1.54) is 6.20 Å². The van der Waals surface area contributed by atoms with Gasteiger partial charge in [-0.15, -0.1) is 0 Å². The van der Waals surface area contributed by atoms with Gasteiger partial charge in [0.15, 0.2) is 17.4 Å². The normalized spacial score (nSPS) is 15.6. The van der Waals surface area contributed by atoms with Gasteiger partial charge < -0.3 is 14.7 Å². The fourth-order valence-electron chi connectivity index (χ4n) is 4.00. The molecule has 7 nitrogen and oxygen atoms in total. The number of carbonyl (C=O) groups is 2. The van der Waals surface area contributed by atoms with Gasteiger partial charge in [0, 0.05) is 23.8 Å². The number of piperidine rings is 1. The smallest absolute Gasteiger partial charge is 0.339 e. The maximum Gasteiger partial charge on any atom is 0.339 e. The molecule has 1 fully saturated rings. The molecule has 1 aliphatic heterocycles. The van der Waals surface area contributed by atoms with Crippen LogP contribution in [0, 0.1) is 11.6 Å². The van der Waals surface area contributed by atoms with Gasteiger partial charge in [0.05, 0.1) is 18.2 Å². The lowest BCUT2D eigenvalue weighted by Gasteiger charge is -2.35. The summed E-state index contributed by atoms with van der Waals surface area (Å²) in [5, 5.41) is 10.1. The molecule has 0 radical (unpaired) electrons. The summed E-state index contributed by atoms with van der Waals surface area (Å²) in [6, 6.07) is 9.42. The lowest BCUT2D eigenvalue weighted by Crippen LogP contribution is -2.40. The lowest BCUT2D eigenvalue weighted by molar-refractivity contribution is -0.134. The van der Waals surface area contributed by atoms with Crippen molar-refractivity contribution in [3.63, 3.8) is 0 Å². The van der Waals surface area contributed by atoms with Gasteiger partial charge in [0.1, 0.15) is 18.0 Å². The first-order chi connectivity index (χ1) is 16.8. The average Bonchev–Trinajstić information content (AvgIpc) is 2.84. The highest BCUT2D eigenvalue weighted by Gasteiger charge is 2.31. The maximum atomic E-state index is 14.0. The molecule has 2 heterocycles. The van der Waals surface area contributed by atoms with Gasteiger partial charge in [-0.1, -0.05) is 23.7 Å². The van der Waals surface area contributed by atoms with Gasteiger partial charge in [0.2, 0.25) is 5.91 Å². The fraction of sp³-hybridized carbons (Fsp3) is 0.280. The number of carbonyl (C=O) groups excluding carboxylic acids is 1. The predicted octanol–water partition coefficient (Wildman–Crippen LogP) is 4.98. The van der Waals surface area contributed by atoms with E-state index in [1.54, 1.807) is 29.2 Å². The van der Waals surface area contributed by atoms with Crippen molar-refractivity contribution in [1.82, 2.24) is 14.9 Å². The molecular weight excluding hydrogens is 480 g/mol. The molecule has 0 bridgehead atoms. The van der Waals surface area contributed by atoms with Gasteiger partial charge >= 0.3 is 5.97 Å². The minimum absolute atomic E-state index is 0.0295. The second kappa shape index (κ2) is 10.8. The largest absolute Gasteiger partial charge is 0.484 e. The molecule has 0 saturated carbocycles. The monoisotopic (exact) mass is 501 g/mol. The maximum absolute atomic E-state index is 14.0. The van der Waals surface area contributed by atoms with Crippen molar-refractivity contribution in [2.24, 2.45) is 0 Å². The predicted molar refractivity (Wildman–Crippen MR) is 123 cm³/mol. The Kier molecular flexibility index (Phi) is 7.55. The van der Waals surface area contributed by atoms with Crippen LogP contribution in [-0.2, 0) is 17.8 Å². The van der Waals surface area contributed by atoms with Crippen LogP contribution < -0.4 is 4.74 Å². The van der Waals surface area contributed by atoms with Crippen LogP contribution in [0.2, 0.25) is 5.02 Å². The summed E-state index contributed by atoms with van der Waals surface area (Å²) in [6.07, 6.45) is 3.65. The summed E-state index contributed by atoms with van der Waals surface area (Å²) in [6.45, 7) is 0.152. The van der Waals surface area contributed by atoms with Crippen molar-refractivity contribution >= 4 is 23.5 Å². The second-order valence-corrected chi connectivity index (χ2v) is 8.60. The molecule has 1 atom stereocenters. The Bertz CT molecular complexity index is 1240. The van der Waals surface area contributed by atoms with Crippen LogP contribution in [0.25, 0.3) is 0 Å². The Morgan fingerprint density at radius 1 is 1.14 bits per heavy atom. The highest BCUT2D eigenvalue weighted by molar-refractivity contribution is 6.30. The van der Waals surface area contributed by atoms with E-state index >= 15 is 0 Å². The topological polar surface area (TPSA) is 92.6 Å². The molecule has 1 saturated heterocycles. The molecule has 3 aromatic rings. The number of carboxylic acid groups (broad SMARTS) is 1. The number of halogens is 3. The third-order valence-corrected chi connectivity index (χ3v) is 6.02. The van der Waals surface area contributed by atoms with Gasteiger partial charge in [-0.2, -0.15) is 0 Å². The van der Waals surface area contributed by atoms with Gasteiger partial charge in [-0.3, -0.25) is 4.79 Å². The molecule has 1 amide bonds. The SMILES string of the molecule is O=C(O)c1cnc([C@H]2CCCCN2C(=O)Cc2ccc(Cl)cc2)nc1COc1ccc(F)cc1F. The molecule has 1 aliphatic rings. The summed E-state index contributed by atoms with van der Waals surface area (Å²) in [7, 11) is 0. The molecule has 182 valence electrons. The van der Waals surface area contributed by atoms with Gasteiger partial charge in [0.25, 0.3) is 0 Å². The van der Waals surface area contributed by atoms with Crippen LogP contribution in [0.15, 0.2) is 48.7 Å². The molecule has 0 aliphatic carbocycles. The van der Waals surface area contributed by atoms with Crippen LogP contribution in [-0.4, -0.2) is 38.4 Å². The van der Waals surface area contributed by atoms with Crippen LogP contribution in [0.5, 0.6) is 5.75 Å². The number of benzene rings is 2. The zero-order chi connectivity index (χ0) is 24.9. The van der Waals surface area contributed by atoms with E-state index in [9.17, 15) is 23.5 Å². The van der Waals surface area contributed by atoms with E-state index in [-0.39, 0.29) is 41.8 Å². The number of ether oxygens (including phenoxy) is 1. The summed E-state index contributed by atoms with van der Waals surface area (Å²) in [4.78, 5) is 35.2. The second-order valence-electron chi connectivity index (χ2n) is 8.16. The highest BCUT2D eigenvalue weighted by atomic mass is 35.5.